The molecule has 3 heterocycles. The lowest BCUT2D eigenvalue weighted by molar-refractivity contribution is 0.0600. The molecule has 0 spiro atoms. The van der Waals surface area contributed by atoms with Gasteiger partial charge in [-0.3, -0.25) is 4.79 Å². The molecule has 0 aliphatic carbocycles. The van der Waals surface area contributed by atoms with Gasteiger partial charge in [-0.15, -0.1) is 11.3 Å². The number of hydrogen-bond acceptors (Lipinski definition) is 7. The molecule has 1 aliphatic rings. The third-order valence-corrected chi connectivity index (χ3v) is 6.10. The molecule has 150 valence electrons. The smallest absolute Gasteiger partial charge is 0.337 e. The molecule has 1 N–H and O–H groups in total. The van der Waals surface area contributed by atoms with E-state index in [1.807, 2.05) is 6.92 Å². The molecule has 7 nitrogen and oxygen atoms in total. The van der Waals surface area contributed by atoms with Crippen molar-refractivity contribution in [2.24, 2.45) is 0 Å². The first-order valence-corrected chi connectivity index (χ1v) is 10.4. The van der Waals surface area contributed by atoms with Crippen LogP contribution in [-0.2, 0) is 4.74 Å². The van der Waals surface area contributed by atoms with Gasteiger partial charge in [0.1, 0.15) is 17.0 Å². The Hall–Kier alpha value is -3.00. The van der Waals surface area contributed by atoms with Crippen molar-refractivity contribution in [1.29, 1.82) is 0 Å². The number of fused-ring (bicyclic) bond motifs is 1. The second kappa shape index (κ2) is 8.16. The standard InChI is InChI=1S/C21H22N4O3S/c1-13-16(19(26)24-15-8-6-14(7-9-15)21(27)28-2)17-18(22-12-23-20(17)29-13)25-10-4-3-5-11-25/h6-9,12H,3-5,10-11H2,1-2H3,(H,24,26). The van der Waals surface area contributed by atoms with Crippen LogP contribution >= 0.6 is 11.3 Å². The minimum atomic E-state index is -0.411. The van der Waals surface area contributed by atoms with Gasteiger partial charge in [0, 0.05) is 23.7 Å². The van der Waals surface area contributed by atoms with Crippen LogP contribution in [0.15, 0.2) is 30.6 Å². The second-order valence-corrected chi connectivity index (χ2v) is 8.18. The highest BCUT2D eigenvalue weighted by Crippen LogP contribution is 2.36. The maximum Gasteiger partial charge on any atom is 0.337 e. The SMILES string of the molecule is COC(=O)c1ccc(NC(=O)c2c(C)sc3ncnc(N4CCCCC4)c23)cc1. The molecule has 2 aromatic heterocycles. The lowest BCUT2D eigenvalue weighted by Crippen LogP contribution is -2.30. The summed E-state index contributed by atoms with van der Waals surface area (Å²) < 4.78 is 4.71. The Bertz CT molecular complexity index is 1060. The van der Waals surface area contributed by atoms with E-state index in [0.717, 1.165) is 46.8 Å². The lowest BCUT2D eigenvalue weighted by Gasteiger charge is -2.28. The molecule has 8 heteroatoms. The van der Waals surface area contributed by atoms with Crippen LogP contribution in [0.4, 0.5) is 11.5 Å². The molecule has 1 fully saturated rings. The van der Waals surface area contributed by atoms with E-state index in [1.165, 1.54) is 24.9 Å². The number of amides is 1. The number of carbonyl (C=O) groups is 2. The molecular weight excluding hydrogens is 388 g/mol. The van der Waals surface area contributed by atoms with E-state index >= 15 is 0 Å². The molecule has 0 bridgehead atoms. The van der Waals surface area contributed by atoms with E-state index < -0.39 is 5.97 Å². The highest BCUT2D eigenvalue weighted by molar-refractivity contribution is 7.19. The number of nitrogens with one attached hydrogen (secondary N) is 1. The summed E-state index contributed by atoms with van der Waals surface area (Å²) in [5, 5.41) is 3.75. The molecule has 1 aliphatic heterocycles. The number of methoxy groups -OCH3 is 1. The summed E-state index contributed by atoms with van der Waals surface area (Å²) in [6.07, 6.45) is 5.06. The minimum Gasteiger partial charge on any atom is -0.465 e. The summed E-state index contributed by atoms with van der Waals surface area (Å²) >= 11 is 1.51. The fraction of sp³-hybridized carbons (Fsp3) is 0.333. The predicted octanol–water partition coefficient (Wildman–Crippen LogP) is 4.03. The van der Waals surface area contributed by atoms with Gasteiger partial charge in [-0.2, -0.15) is 0 Å². The topological polar surface area (TPSA) is 84.4 Å². The van der Waals surface area contributed by atoms with Crippen molar-refractivity contribution in [1.82, 2.24) is 9.97 Å². The van der Waals surface area contributed by atoms with Gasteiger partial charge in [0.05, 0.1) is 23.6 Å². The first-order chi connectivity index (χ1) is 14.1. The molecule has 0 unspecified atom stereocenters. The van der Waals surface area contributed by atoms with E-state index in [9.17, 15) is 9.59 Å². The van der Waals surface area contributed by atoms with Crippen LogP contribution in [0, 0.1) is 6.92 Å². The molecule has 0 saturated carbocycles. The number of piperidine rings is 1. The van der Waals surface area contributed by atoms with Gasteiger partial charge in [-0.25, -0.2) is 14.8 Å². The highest BCUT2D eigenvalue weighted by atomic mass is 32.1. The van der Waals surface area contributed by atoms with Crippen molar-refractivity contribution in [3.8, 4) is 0 Å². The zero-order chi connectivity index (χ0) is 20.4. The van der Waals surface area contributed by atoms with Crippen molar-refractivity contribution < 1.29 is 14.3 Å². The van der Waals surface area contributed by atoms with E-state index in [4.69, 9.17) is 4.74 Å². The number of aryl methyl sites for hydroxylation is 1. The number of aromatic nitrogens is 2. The summed E-state index contributed by atoms with van der Waals surface area (Å²) in [6, 6.07) is 6.64. The number of carbonyl (C=O) groups excluding carboxylic acids is 2. The average Bonchev–Trinajstić information content (AvgIpc) is 3.10. The molecule has 1 aromatic carbocycles. The monoisotopic (exact) mass is 410 g/mol. The maximum atomic E-state index is 13.1. The third kappa shape index (κ3) is 3.80. The third-order valence-electron chi connectivity index (χ3n) is 5.09. The van der Waals surface area contributed by atoms with E-state index in [0.29, 0.717) is 16.8 Å². The van der Waals surface area contributed by atoms with Crippen molar-refractivity contribution in [2.75, 3.05) is 30.4 Å². The second-order valence-electron chi connectivity index (χ2n) is 6.98. The van der Waals surface area contributed by atoms with Gasteiger partial charge in [0.15, 0.2) is 0 Å². The molecule has 0 radical (unpaired) electrons. The number of ether oxygens (including phenoxy) is 1. The van der Waals surface area contributed by atoms with Gasteiger partial charge < -0.3 is 15.0 Å². The lowest BCUT2D eigenvalue weighted by atomic mass is 10.1. The molecule has 1 amide bonds. The fourth-order valence-electron chi connectivity index (χ4n) is 3.65. The van der Waals surface area contributed by atoms with Crippen molar-refractivity contribution >= 4 is 44.9 Å². The number of thiophene rings is 1. The summed E-state index contributed by atoms with van der Waals surface area (Å²) in [5.74, 6) is 0.226. The molecule has 3 aromatic rings. The molecule has 4 rings (SSSR count). The summed E-state index contributed by atoms with van der Waals surface area (Å²) in [4.78, 5) is 37.6. The van der Waals surface area contributed by atoms with Gasteiger partial charge in [-0.1, -0.05) is 0 Å². The van der Waals surface area contributed by atoms with E-state index in [2.05, 4.69) is 20.2 Å². The summed E-state index contributed by atoms with van der Waals surface area (Å²) in [6.45, 7) is 3.82. The van der Waals surface area contributed by atoms with Crippen LogP contribution in [0.2, 0.25) is 0 Å². The Morgan fingerprint density at radius 2 is 1.83 bits per heavy atom. The minimum absolute atomic E-state index is 0.201. The predicted molar refractivity (Wildman–Crippen MR) is 114 cm³/mol. The fourth-order valence-corrected chi connectivity index (χ4v) is 4.63. The largest absolute Gasteiger partial charge is 0.465 e. The number of benzene rings is 1. The first kappa shape index (κ1) is 19.3. The maximum absolute atomic E-state index is 13.1. The number of rotatable bonds is 4. The molecule has 1 saturated heterocycles. The van der Waals surface area contributed by atoms with Crippen molar-refractivity contribution in [2.45, 2.75) is 26.2 Å². The van der Waals surface area contributed by atoms with Gasteiger partial charge in [0.25, 0.3) is 5.91 Å². The molecule has 0 atom stereocenters. The summed E-state index contributed by atoms with van der Waals surface area (Å²) in [7, 11) is 1.34. The zero-order valence-electron chi connectivity index (χ0n) is 16.4. The van der Waals surface area contributed by atoms with Crippen LogP contribution in [0.1, 0.15) is 44.9 Å². The Kier molecular flexibility index (Phi) is 5.44. The Morgan fingerprint density at radius 1 is 1.10 bits per heavy atom. The van der Waals surface area contributed by atoms with Crippen LogP contribution in [0.3, 0.4) is 0 Å². The van der Waals surface area contributed by atoms with Gasteiger partial charge >= 0.3 is 5.97 Å². The molecular formula is C21H22N4O3S. The highest BCUT2D eigenvalue weighted by Gasteiger charge is 2.24. The number of hydrogen-bond donors (Lipinski definition) is 1. The van der Waals surface area contributed by atoms with Crippen molar-refractivity contribution in [3.05, 3.63) is 46.6 Å². The summed E-state index contributed by atoms with van der Waals surface area (Å²) in [5.41, 5.74) is 1.66. The number of nitrogens with zero attached hydrogens (tertiary/aromatic N) is 3. The zero-order valence-corrected chi connectivity index (χ0v) is 17.2. The van der Waals surface area contributed by atoms with Crippen LogP contribution in [-0.4, -0.2) is 42.0 Å². The van der Waals surface area contributed by atoms with Crippen LogP contribution in [0.5, 0.6) is 0 Å². The van der Waals surface area contributed by atoms with Gasteiger partial charge in [0.2, 0.25) is 0 Å². The van der Waals surface area contributed by atoms with Crippen LogP contribution in [0.25, 0.3) is 10.2 Å². The van der Waals surface area contributed by atoms with Crippen molar-refractivity contribution in [3.63, 3.8) is 0 Å². The van der Waals surface area contributed by atoms with Crippen LogP contribution < -0.4 is 10.2 Å². The quantitative estimate of drug-likeness (QED) is 0.654. The van der Waals surface area contributed by atoms with E-state index in [-0.39, 0.29) is 5.91 Å². The Balaban J connectivity index is 1.67. The average molecular weight is 410 g/mol. The normalized spacial score (nSPS) is 14.1. The Morgan fingerprint density at radius 3 is 2.52 bits per heavy atom. The molecule has 29 heavy (non-hydrogen) atoms. The van der Waals surface area contributed by atoms with Gasteiger partial charge in [-0.05, 0) is 50.5 Å². The first-order valence-electron chi connectivity index (χ1n) is 9.57. The Labute approximate surface area is 172 Å². The van der Waals surface area contributed by atoms with E-state index in [1.54, 1.807) is 30.6 Å². The number of esters is 1. The number of anilines is 2.